The summed E-state index contributed by atoms with van der Waals surface area (Å²) in [6.45, 7) is 9.35. The molecule has 0 unspecified atom stereocenters. The van der Waals surface area contributed by atoms with Gasteiger partial charge in [-0.2, -0.15) is 0 Å². The van der Waals surface area contributed by atoms with Gasteiger partial charge >= 0.3 is 5.69 Å². The van der Waals surface area contributed by atoms with Crippen molar-refractivity contribution in [1.82, 2.24) is 18.9 Å². The molecule has 1 aromatic carbocycles. The molecule has 3 fully saturated rings. The second-order valence-corrected chi connectivity index (χ2v) is 11.0. The van der Waals surface area contributed by atoms with E-state index >= 15 is 0 Å². The highest BCUT2D eigenvalue weighted by molar-refractivity contribution is 6.42. The molecule has 182 valence electrons. The fourth-order valence-electron chi connectivity index (χ4n) is 6.02. The van der Waals surface area contributed by atoms with Gasteiger partial charge in [-0.3, -0.25) is 14.0 Å². The summed E-state index contributed by atoms with van der Waals surface area (Å²) in [5.74, 6) is 0.873. The first-order valence-electron chi connectivity index (χ1n) is 12.6. The van der Waals surface area contributed by atoms with Crippen LogP contribution in [0.4, 0.5) is 0 Å². The summed E-state index contributed by atoms with van der Waals surface area (Å²) in [5.41, 5.74) is 1.88. The number of hydrogen-bond donors (Lipinski definition) is 0. The minimum atomic E-state index is 0.0709. The molecule has 1 saturated carbocycles. The Bertz CT molecular complexity index is 1010. The number of morpholine rings is 1. The van der Waals surface area contributed by atoms with Crippen molar-refractivity contribution in [1.29, 1.82) is 0 Å². The smallest absolute Gasteiger partial charge is 0.329 e. The van der Waals surface area contributed by atoms with E-state index in [1.165, 1.54) is 25.7 Å². The zero-order valence-corrected chi connectivity index (χ0v) is 21.2. The van der Waals surface area contributed by atoms with Crippen LogP contribution in [-0.2, 0) is 11.3 Å². The standard InChI is InChI=1S/C25H36Cl2N4O2/c1-18-2-4-19(5-3-18)29-8-6-20(7-9-29)31-24-17-22(27)21(26)16-23(24)30(25(31)32)11-10-28-12-14-33-15-13-28/h16-20H,2-15H2,1H3. The Morgan fingerprint density at radius 3 is 2.15 bits per heavy atom. The van der Waals surface area contributed by atoms with Gasteiger partial charge in [-0.1, -0.05) is 30.1 Å². The van der Waals surface area contributed by atoms with Crippen molar-refractivity contribution >= 4 is 34.2 Å². The summed E-state index contributed by atoms with van der Waals surface area (Å²) in [6, 6.07) is 4.69. The lowest BCUT2D eigenvalue weighted by molar-refractivity contribution is 0.0363. The molecule has 0 N–H and O–H groups in total. The molecular weight excluding hydrogens is 459 g/mol. The first kappa shape index (κ1) is 23.7. The quantitative estimate of drug-likeness (QED) is 0.606. The number of imidazole rings is 1. The third-order valence-electron chi connectivity index (χ3n) is 8.11. The van der Waals surface area contributed by atoms with Crippen molar-refractivity contribution in [3.63, 3.8) is 0 Å². The molecule has 0 amide bonds. The van der Waals surface area contributed by atoms with Gasteiger partial charge in [0.05, 0.1) is 34.3 Å². The van der Waals surface area contributed by atoms with Crippen LogP contribution in [-0.4, -0.2) is 70.9 Å². The predicted octanol–water partition coefficient (Wildman–Crippen LogP) is 4.66. The van der Waals surface area contributed by atoms with E-state index < -0.39 is 0 Å². The van der Waals surface area contributed by atoms with E-state index in [1.807, 2.05) is 21.3 Å². The number of nitrogens with zero attached hydrogens (tertiary/aromatic N) is 4. The van der Waals surface area contributed by atoms with E-state index in [-0.39, 0.29) is 11.7 Å². The molecule has 2 aliphatic heterocycles. The monoisotopic (exact) mass is 494 g/mol. The lowest BCUT2D eigenvalue weighted by atomic mass is 9.85. The lowest BCUT2D eigenvalue weighted by Gasteiger charge is -2.40. The molecule has 0 radical (unpaired) electrons. The van der Waals surface area contributed by atoms with Crippen LogP contribution in [0.5, 0.6) is 0 Å². The van der Waals surface area contributed by atoms with Crippen LogP contribution in [0.25, 0.3) is 11.0 Å². The van der Waals surface area contributed by atoms with E-state index in [0.29, 0.717) is 16.6 Å². The highest BCUT2D eigenvalue weighted by Crippen LogP contribution is 2.34. The Balaban J connectivity index is 1.37. The number of halogens is 2. The van der Waals surface area contributed by atoms with E-state index in [0.717, 1.165) is 81.8 Å². The maximum absolute atomic E-state index is 13.7. The number of piperidine rings is 1. The second-order valence-electron chi connectivity index (χ2n) is 10.2. The van der Waals surface area contributed by atoms with Crippen molar-refractivity contribution in [3.8, 4) is 0 Å². The average molecular weight is 495 g/mol. The van der Waals surface area contributed by atoms with Gasteiger partial charge in [0.1, 0.15) is 0 Å². The molecule has 0 bridgehead atoms. The molecule has 1 aromatic heterocycles. The summed E-state index contributed by atoms with van der Waals surface area (Å²) in [6.07, 6.45) is 7.35. The number of ether oxygens (including phenoxy) is 1. The Morgan fingerprint density at radius 1 is 0.848 bits per heavy atom. The van der Waals surface area contributed by atoms with Gasteiger partial charge < -0.3 is 9.64 Å². The van der Waals surface area contributed by atoms with Gasteiger partial charge in [0.2, 0.25) is 0 Å². The van der Waals surface area contributed by atoms with Crippen LogP contribution >= 0.6 is 23.2 Å². The van der Waals surface area contributed by atoms with E-state index in [1.54, 1.807) is 0 Å². The van der Waals surface area contributed by atoms with Gasteiger partial charge in [0.25, 0.3) is 0 Å². The van der Waals surface area contributed by atoms with Crippen LogP contribution in [0.3, 0.4) is 0 Å². The van der Waals surface area contributed by atoms with E-state index in [2.05, 4.69) is 16.7 Å². The Morgan fingerprint density at radius 2 is 1.48 bits per heavy atom. The summed E-state index contributed by atoms with van der Waals surface area (Å²) < 4.78 is 9.38. The summed E-state index contributed by atoms with van der Waals surface area (Å²) in [7, 11) is 0. The topological polar surface area (TPSA) is 42.6 Å². The summed E-state index contributed by atoms with van der Waals surface area (Å²) in [5, 5.41) is 1.01. The number of likely N-dealkylation sites (tertiary alicyclic amines) is 1. The first-order valence-corrected chi connectivity index (χ1v) is 13.4. The van der Waals surface area contributed by atoms with Crippen molar-refractivity contribution in [2.75, 3.05) is 45.9 Å². The van der Waals surface area contributed by atoms with Crippen LogP contribution in [0.2, 0.25) is 10.0 Å². The molecule has 5 rings (SSSR count). The Kier molecular flexibility index (Phi) is 7.38. The molecule has 0 spiro atoms. The molecule has 33 heavy (non-hydrogen) atoms. The summed E-state index contributed by atoms with van der Waals surface area (Å²) >= 11 is 12.8. The number of benzene rings is 1. The number of fused-ring (bicyclic) bond motifs is 1. The van der Waals surface area contributed by atoms with Crippen molar-refractivity contribution in [2.24, 2.45) is 5.92 Å². The maximum Gasteiger partial charge on any atom is 0.329 e. The molecule has 2 aromatic rings. The van der Waals surface area contributed by atoms with Gasteiger partial charge in [-0.25, -0.2) is 4.79 Å². The van der Waals surface area contributed by atoms with Gasteiger partial charge in [0, 0.05) is 51.4 Å². The molecule has 8 heteroatoms. The minimum absolute atomic E-state index is 0.0709. The van der Waals surface area contributed by atoms with Crippen molar-refractivity contribution in [2.45, 2.75) is 64.1 Å². The largest absolute Gasteiger partial charge is 0.379 e. The highest BCUT2D eigenvalue weighted by atomic mass is 35.5. The average Bonchev–Trinajstić information content (AvgIpc) is 3.09. The van der Waals surface area contributed by atoms with Crippen molar-refractivity contribution < 1.29 is 4.74 Å². The third-order valence-corrected chi connectivity index (χ3v) is 8.84. The SMILES string of the molecule is CC1CCC(N2CCC(n3c(=O)n(CCN4CCOCC4)c4cc(Cl)c(Cl)cc43)CC2)CC1. The van der Waals surface area contributed by atoms with Gasteiger partial charge in [-0.15, -0.1) is 0 Å². The zero-order valence-electron chi connectivity index (χ0n) is 19.6. The second kappa shape index (κ2) is 10.3. The minimum Gasteiger partial charge on any atom is -0.379 e. The van der Waals surface area contributed by atoms with Crippen LogP contribution in [0, 0.1) is 5.92 Å². The molecule has 3 heterocycles. The van der Waals surface area contributed by atoms with Crippen molar-refractivity contribution in [3.05, 3.63) is 32.7 Å². The molecular formula is C25H36Cl2N4O2. The first-order chi connectivity index (χ1) is 16.0. The number of hydrogen-bond acceptors (Lipinski definition) is 4. The molecule has 2 saturated heterocycles. The Hall–Kier alpha value is -1.05. The zero-order chi connectivity index (χ0) is 22.9. The maximum atomic E-state index is 13.7. The molecule has 3 aliphatic rings. The fourth-order valence-corrected chi connectivity index (χ4v) is 6.34. The third kappa shape index (κ3) is 5.01. The van der Waals surface area contributed by atoms with E-state index in [9.17, 15) is 4.79 Å². The van der Waals surface area contributed by atoms with Crippen LogP contribution < -0.4 is 5.69 Å². The number of aromatic nitrogens is 2. The number of rotatable bonds is 5. The highest BCUT2D eigenvalue weighted by Gasteiger charge is 2.30. The predicted molar refractivity (Wildman–Crippen MR) is 135 cm³/mol. The van der Waals surface area contributed by atoms with Crippen LogP contribution in [0.1, 0.15) is 51.5 Å². The molecule has 6 nitrogen and oxygen atoms in total. The lowest BCUT2D eigenvalue weighted by Crippen LogP contribution is -2.44. The van der Waals surface area contributed by atoms with Crippen LogP contribution in [0.15, 0.2) is 16.9 Å². The summed E-state index contributed by atoms with van der Waals surface area (Å²) in [4.78, 5) is 18.7. The van der Waals surface area contributed by atoms with E-state index in [4.69, 9.17) is 27.9 Å². The normalized spacial score (nSPS) is 26.3. The fraction of sp³-hybridized carbons (Fsp3) is 0.720. The van der Waals surface area contributed by atoms with Gasteiger partial charge in [-0.05, 0) is 56.6 Å². The Labute approximate surface area is 206 Å². The van der Waals surface area contributed by atoms with Gasteiger partial charge in [0.15, 0.2) is 0 Å². The molecule has 1 aliphatic carbocycles. The molecule has 0 atom stereocenters.